The van der Waals surface area contributed by atoms with E-state index in [0.717, 1.165) is 6.08 Å². The van der Waals surface area contributed by atoms with Gasteiger partial charge in [0, 0.05) is 0 Å². The Labute approximate surface area is 91.6 Å². The minimum Gasteiger partial charge on any atom is -0.222 e. The molecule has 0 aliphatic heterocycles. The Morgan fingerprint density at radius 1 is 1.38 bits per heavy atom. The number of nitrogens with one attached hydrogen (secondary N) is 1. The number of hydrogen-bond acceptors (Lipinski definition) is 6. The molecule has 0 saturated carbocycles. The van der Waals surface area contributed by atoms with Gasteiger partial charge in [0.15, 0.2) is 0 Å². The van der Waals surface area contributed by atoms with Crippen LogP contribution in [0.25, 0.3) is 0 Å². The number of isocyanates is 3. The third-order valence-corrected chi connectivity index (χ3v) is 1.81. The highest BCUT2D eigenvalue weighted by Crippen LogP contribution is 2.24. The van der Waals surface area contributed by atoms with Crippen LogP contribution in [0.4, 0.5) is 0 Å². The van der Waals surface area contributed by atoms with E-state index in [1.54, 1.807) is 25.2 Å². The first-order valence-corrected chi connectivity index (χ1v) is 4.22. The van der Waals surface area contributed by atoms with E-state index in [2.05, 4.69) is 9.98 Å². The van der Waals surface area contributed by atoms with Crippen LogP contribution in [0.2, 0.25) is 0 Å². The summed E-state index contributed by atoms with van der Waals surface area (Å²) >= 11 is 0. The van der Waals surface area contributed by atoms with Crippen LogP contribution < -0.4 is 0 Å². The zero-order valence-electron chi connectivity index (χ0n) is 8.56. The molecule has 6 nitrogen and oxygen atoms in total. The summed E-state index contributed by atoms with van der Waals surface area (Å²) in [6, 6.07) is 0. The zero-order valence-corrected chi connectivity index (χ0v) is 8.56. The van der Waals surface area contributed by atoms with E-state index < -0.39 is 5.54 Å². The third kappa shape index (κ3) is 4.74. The van der Waals surface area contributed by atoms with Gasteiger partial charge in [-0.05, 0) is 19.4 Å². The third-order valence-electron chi connectivity index (χ3n) is 1.81. The maximum Gasteiger partial charge on any atom is 0.240 e. The monoisotopic (exact) mass is 219 g/mol. The maximum atomic E-state index is 10.1. The first kappa shape index (κ1) is 13.6. The Kier molecular flexibility index (Phi) is 5.95. The van der Waals surface area contributed by atoms with Crippen molar-refractivity contribution < 1.29 is 14.4 Å². The van der Waals surface area contributed by atoms with Crippen molar-refractivity contribution in [2.45, 2.75) is 18.9 Å². The molecule has 16 heavy (non-hydrogen) atoms. The second kappa shape index (κ2) is 6.98. The fourth-order valence-electron chi connectivity index (χ4n) is 1.03. The lowest BCUT2D eigenvalue weighted by Crippen LogP contribution is -2.19. The van der Waals surface area contributed by atoms with E-state index in [9.17, 15) is 9.59 Å². The minimum absolute atomic E-state index is 0.538. The number of rotatable bonds is 2. The van der Waals surface area contributed by atoms with Crippen molar-refractivity contribution in [1.82, 2.24) is 0 Å². The number of allylic oxidation sites excluding steroid dienone is 1. The molecule has 0 spiro atoms. The molecule has 0 heterocycles. The molecule has 1 aliphatic carbocycles. The second-order valence-electron chi connectivity index (χ2n) is 3.03. The molecule has 0 bridgehead atoms. The SMILES string of the molecule is CC1(N=C=O)C=CC(N=C=O)=CC1.N=C=O. The van der Waals surface area contributed by atoms with Crippen LogP contribution in [0.1, 0.15) is 13.3 Å². The largest absolute Gasteiger partial charge is 0.240 e. The van der Waals surface area contributed by atoms with Gasteiger partial charge >= 0.3 is 0 Å². The van der Waals surface area contributed by atoms with Crippen molar-refractivity contribution in [2.24, 2.45) is 9.98 Å². The van der Waals surface area contributed by atoms with Gasteiger partial charge in [-0.25, -0.2) is 19.8 Å². The lowest BCUT2D eigenvalue weighted by Gasteiger charge is -2.19. The Balaban J connectivity index is 0.000000673. The lowest BCUT2D eigenvalue weighted by atomic mass is 9.93. The average Bonchev–Trinajstić information content (AvgIpc) is 2.24. The van der Waals surface area contributed by atoms with E-state index in [1.807, 2.05) is 0 Å². The number of carbonyl (C=O) groups excluding carboxylic acids is 3. The van der Waals surface area contributed by atoms with Gasteiger partial charge in [-0.15, -0.1) is 0 Å². The topological polar surface area (TPSA) is 99.8 Å². The summed E-state index contributed by atoms with van der Waals surface area (Å²) in [5, 5.41) is 5.40. The van der Waals surface area contributed by atoms with Gasteiger partial charge in [0.1, 0.15) is 0 Å². The Morgan fingerprint density at radius 3 is 2.38 bits per heavy atom. The van der Waals surface area contributed by atoms with Crippen LogP contribution in [0, 0.1) is 5.41 Å². The quantitative estimate of drug-likeness (QED) is 0.557. The fraction of sp³-hybridized carbons (Fsp3) is 0.300. The Hall–Kier alpha value is -2.38. The molecule has 1 atom stereocenters. The van der Waals surface area contributed by atoms with Gasteiger partial charge in [-0.3, -0.25) is 0 Å². The first-order chi connectivity index (χ1) is 7.61. The number of nitrogens with zero attached hydrogens (tertiary/aromatic N) is 2. The average molecular weight is 219 g/mol. The molecule has 0 amide bonds. The highest BCUT2D eigenvalue weighted by Gasteiger charge is 2.21. The molecule has 0 fully saturated rings. The predicted molar refractivity (Wildman–Crippen MR) is 54.9 cm³/mol. The van der Waals surface area contributed by atoms with Gasteiger partial charge in [0.2, 0.25) is 18.2 Å². The Bertz CT molecular complexity index is 434. The second-order valence-corrected chi connectivity index (χ2v) is 3.03. The molecule has 1 N–H and O–H groups in total. The highest BCUT2D eigenvalue weighted by atomic mass is 16.1. The van der Waals surface area contributed by atoms with Crippen LogP contribution in [-0.2, 0) is 14.4 Å². The van der Waals surface area contributed by atoms with Gasteiger partial charge in [-0.2, -0.15) is 9.98 Å². The predicted octanol–water partition coefficient (Wildman–Crippen LogP) is 1.16. The summed E-state index contributed by atoms with van der Waals surface area (Å²) in [6.07, 6.45) is 9.32. The molecule has 0 aromatic carbocycles. The normalized spacial score (nSPS) is 21.2. The summed E-state index contributed by atoms with van der Waals surface area (Å²) < 4.78 is 0. The summed E-state index contributed by atoms with van der Waals surface area (Å²) in [5.41, 5.74) is 0.0116. The summed E-state index contributed by atoms with van der Waals surface area (Å²) in [7, 11) is 0. The van der Waals surface area contributed by atoms with E-state index >= 15 is 0 Å². The molecule has 1 rings (SSSR count). The van der Waals surface area contributed by atoms with Crippen molar-refractivity contribution in [3.8, 4) is 0 Å². The molecule has 6 heteroatoms. The fourth-order valence-corrected chi connectivity index (χ4v) is 1.03. The van der Waals surface area contributed by atoms with E-state index in [1.165, 1.54) is 12.2 Å². The Morgan fingerprint density at radius 2 is 2.00 bits per heavy atom. The minimum atomic E-state index is -0.538. The lowest BCUT2D eigenvalue weighted by molar-refractivity contribution is 0.537. The van der Waals surface area contributed by atoms with Crippen molar-refractivity contribution in [1.29, 1.82) is 5.41 Å². The van der Waals surface area contributed by atoms with E-state index in [4.69, 9.17) is 10.2 Å². The van der Waals surface area contributed by atoms with Gasteiger partial charge in [0.25, 0.3) is 0 Å². The molecule has 1 unspecified atom stereocenters. The van der Waals surface area contributed by atoms with Gasteiger partial charge in [0.05, 0.1) is 11.2 Å². The van der Waals surface area contributed by atoms with Crippen LogP contribution in [0.5, 0.6) is 0 Å². The molecule has 0 radical (unpaired) electrons. The van der Waals surface area contributed by atoms with Crippen molar-refractivity contribution in [3.05, 3.63) is 23.9 Å². The molecule has 0 aromatic heterocycles. The smallest absolute Gasteiger partial charge is 0.222 e. The van der Waals surface area contributed by atoms with Gasteiger partial charge in [-0.1, -0.05) is 12.2 Å². The van der Waals surface area contributed by atoms with Crippen LogP contribution >= 0.6 is 0 Å². The first-order valence-electron chi connectivity index (χ1n) is 4.22. The molecule has 0 aromatic rings. The number of aliphatic imine (C=N–C) groups is 2. The standard InChI is InChI=1S/C9H8N2O2.CHNO/c1-9(11-7-13)4-2-8(3-5-9)10-6-12;2-1-3/h2-4H,5H2,1H3;2H. The molecule has 82 valence electrons. The summed E-state index contributed by atoms with van der Waals surface area (Å²) in [5.74, 6) is 0. The van der Waals surface area contributed by atoms with E-state index in [-0.39, 0.29) is 0 Å². The molecule has 1 aliphatic rings. The molecular weight excluding hydrogens is 210 g/mol. The van der Waals surface area contributed by atoms with Crippen LogP contribution in [0.15, 0.2) is 33.9 Å². The summed E-state index contributed by atoms with van der Waals surface area (Å²) in [4.78, 5) is 35.4. The van der Waals surface area contributed by atoms with E-state index in [0.29, 0.717) is 12.1 Å². The number of hydrogen-bond donors (Lipinski definition) is 1. The van der Waals surface area contributed by atoms with Crippen LogP contribution in [0.3, 0.4) is 0 Å². The van der Waals surface area contributed by atoms with Crippen molar-refractivity contribution in [2.75, 3.05) is 0 Å². The van der Waals surface area contributed by atoms with Crippen molar-refractivity contribution >= 4 is 18.2 Å². The summed E-state index contributed by atoms with van der Waals surface area (Å²) in [6.45, 7) is 1.80. The van der Waals surface area contributed by atoms with Crippen molar-refractivity contribution in [3.63, 3.8) is 0 Å². The van der Waals surface area contributed by atoms with Crippen LogP contribution in [-0.4, -0.2) is 23.8 Å². The highest BCUT2D eigenvalue weighted by molar-refractivity contribution is 5.43. The molecular formula is C10H9N3O3. The molecule has 0 saturated heterocycles. The maximum absolute atomic E-state index is 10.1. The van der Waals surface area contributed by atoms with Gasteiger partial charge < -0.3 is 0 Å². The zero-order chi connectivity index (χ0) is 12.4.